The highest BCUT2D eigenvalue weighted by atomic mass is 35.5. The zero-order valence-electron chi connectivity index (χ0n) is 14.5. The van der Waals surface area contributed by atoms with E-state index in [-0.39, 0.29) is 29.9 Å². The molecule has 0 atom stereocenters. The van der Waals surface area contributed by atoms with Gasteiger partial charge in [-0.1, -0.05) is 23.7 Å². The average molecular weight is 416 g/mol. The molecule has 0 saturated carbocycles. The largest absolute Gasteiger partial charge is 0.450 e. The molecule has 10 heteroatoms. The molecule has 1 amide bonds. The van der Waals surface area contributed by atoms with E-state index in [0.717, 1.165) is 16.7 Å². The molecule has 0 saturated heterocycles. The van der Waals surface area contributed by atoms with Crippen LogP contribution in [0.25, 0.3) is 11.0 Å². The van der Waals surface area contributed by atoms with Crippen molar-refractivity contribution < 1.29 is 27.1 Å². The molecule has 3 aromatic rings. The summed E-state index contributed by atoms with van der Waals surface area (Å²) < 4.78 is 60.2. The van der Waals surface area contributed by atoms with Crippen LogP contribution in [0.2, 0.25) is 5.02 Å². The molecule has 5 nitrogen and oxygen atoms in total. The van der Waals surface area contributed by atoms with E-state index >= 15 is 0 Å². The minimum atomic E-state index is -4.75. The number of hydrogen-bond acceptors (Lipinski definition) is 3. The van der Waals surface area contributed by atoms with Crippen LogP contribution in [0.1, 0.15) is 18.3 Å². The van der Waals surface area contributed by atoms with Crippen molar-refractivity contribution in [1.82, 2.24) is 9.55 Å². The molecule has 0 aliphatic rings. The Morgan fingerprint density at radius 3 is 2.54 bits per heavy atom. The number of imidazole rings is 1. The zero-order chi connectivity index (χ0) is 20.5. The molecule has 1 aromatic heterocycles. The van der Waals surface area contributed by atoms with Crippen LogP contribution >= 0.6 is 11.6 Å². The van der Waals surface area contributed by atoms with Crippen LogP contribution in [0.4, 0.5) is 28.0 Å². The molecule has 0 fully saturated rings. The smallest absolute Gasteiger partial charge is 0.449 e. The maximum atomic E-state index is 14.2. The predicted molar refractivity (Wildman–Crippen MR) is 95.9 cm³/mol. The molecule has 1 N–H and O–H groups in total. The van der Waals surface area contributed by atoms with E-state index in [0.29, 0.717) is 10.6 Å². The van der Waals surface area contributed by atoms with Gasteiger partial charge in [0, 0.05) is 17.6 Å². The highest BCUT2D eigenvalue weighted by Gasteiger charge is 2.38. The average Bonchev–Trinajstić information content (AvgIpc) is 2.95. The van der Waals surface area contributed by atoms with Gasteiger partial charge in [-0.25, -0.2) is 14.2 Å². The van der Waals surface area contributed by atoms with Crippen molar-refractivity contribution in [3.05, 3.63) is 58.6 Å². The number of halogens is 5. The topological polar surface area (TPSA) is 56.1 Å². The molecule has 28 heavy (non-hydrogen) atoms. The van der Waals surface area contributed by atoms with Crippen molar-refractivity contribution in [2.24, 2.45) is 0 Å². The summed E-state index contributed by atoms with van der Waals surface area (Å²) in [5.41, 5.74) is 0.0547. The third-order valence-electron chi connectivity index (χ3n) is 3.86. The maximum Gasteiger partial charge on any atom is 0.449 e. The number of amides is 1. The highest BCUT2D eigenvalue weighted by molar-refractivity contribution is 6.30. The van der Waals surface area contributed by atoms with Crippen LogP contribution in [0.3, 0.4) is 0 Å². The van der Waals surface area contributed by atoms with Gasteiger partial charge in [-0.3, -0.25) is 5.32 Å². The molecular weight excluding hydrogens is 402 g/mol. The molecule has 0 radical (unpaired) electrons. The maximum absolute atomic E-state index is 14.2. The van der Waals surface area contributed by atoms with Crippen molar-refractivity contribution in [2.75, 3.05) is 11.9 Å². The van der Waals surface area contributed by atoms with E-state index < -0.39 is 23.9 Å². The summed E-state index contributed by atoms with van der Waals surface area (Å²) >= 11 is 5.81. The Kier molecular flexibility index (Phi) is 5.46. The van der Waals surface area contributed by atoms with E-state index in [2.05, 4.69) is 15.0 Å². The third-order valence-corrected chi connectivity index (χ3v) is 4.11. The number of rotatable bonds is 4. The van der Waals surface area contributed by atoms with Gasteiger partial charge in [-0.15, -0.1) is 0 Å². The Bertz CT molecular complexity index is 1020. The van der Waals surface area contributed by atoms with Crippen molar-refractivity contribution in [3.8, 4) is 0 Å². The van der Waals surface area contributed by atoms with Crippen LogP contribution in [0, 0.1) is 5.82 Å². The van der Waals surface area contributed by atoms with Gasteiger partial charge in [-0.05, 0) is 30.7 Å². The Labute approximate surface area is 161 Å². The summed E-state index contributed by atoms with van der Waals surface area (Å²) in [5.74, 6) is -2.10. The monoisotopic (exact) mass is 415 g/mol. The number of benzene rings is 2. The number of carbonyl (C=O) groups is 1. The van der Waals surface area contributed by atoms with Gasteiger partial charge in [-0.2, -0.15) is 13.2 Å². The number of alkyl halides is 3. The van der Waals surface area contributed by atoms with Gasteiger partial charge in [0.05, 0.1) is 23.3 Å². The van der Waals surface area contributed by atoms with E-state index in [1.807, 2.05) is 0 Å². The fourth-order valence-corrected chi connectivity index (χ4v) is 2.79. The Balaban J connectivity index is 2.11. The first kappa shape index (κ1) is 19.9. The summed E-state index contributed by atoms with van der Waals surface area (Å²) in [4.78, 5) is 15.1. The van der Waals surface area contributed by atoms with E-state index in [9.17, 15) is 22.4 Å². The van der Waals surface area contributed by atoms with Gasteiger partial charge in [0.15, 0.2) is 0 Å². The molecule has 0 unspecified atom stereocenters. The van der Waals surface area contributed by atoms with Crippen LogP contribution in [-0.2, 0) is 17.5 Å². The summed E-state index contributed by atoms with van der Waals surface area (Å²) in [6.45, 7) is 1.45. The summed E-state index contributed by atoms with van der Waals surface area (Å²) in [7, 11) is 0. The number of fused-ring (bicyclic) bond motifs is 1. The van der Waals surface area contributed by atoms with Gasteiger partial charge < -0.3 is 9.30 Å². The van der Waals surface area contributed by atoms with E-state index in [4.69, 9.17) is 11.6 Å². The molecule has 2 aromatic carbocycles. The number of ether oxygens (including phenoxy) is 1. The van der Waals surface area contributed by atoms with Gasteiger partial charge in [0.2, 0.25) is 5.82 Å². The molecule has 1 heterocycles. The Hall–Kier alpha value is -2.81. The second-order valence-electron chi connectivity index (χ2n) is 5.81. The molecule has 148 valence electrons. The predicted octanol–water partition coefficient (Wildman–Crippen LogP) is 5.46. The van der Waals surface area contributed by atoms with Gasteiger partial charge >= 0.3 is 12.3 Å². The second kappa shape index (κ2) is 7.67. The fourth-order valence-electron chi connectivity index (χ4n) is 2.67. The van der Waals surface area contributed by atoms with Crippen molar-refractivity contribution in [3.63, 3.8) is 0 Å². The highest BCUT2D eigenvalue weighted by Crippen LogP contribution is 2.34. The lowest BCUT2D eigenvalue weighted by molar-refractivity contribution is -0.146. The molecular formula is C18H14ClF4N3O2. The van der Waals surface area contributed by atoms with Crippen LogP contribution < -0.4 is 5.32 Å². The van der Waals surface area contributed by atoms with Gasteiger partial charge in [0.25, 0.3) is 0 Å². The lowest BCUT2D eigenvalue weighted by atomic mass is 10.2. The Morgan fingerprint density at radius 1 is 1.25 bits per heavy atom. The lowest BCUT2D eigenvalue weighted by Crippen LogP contribution is -2.16. The number of aromatic nitrogens is 2. The SMILES string of the molecule is CCOC(=O)Nc1cc2c(cc1F)nc(C(F)(F)F)n2Cc1ccc(Cl)cc1. The van der Waals surface area contributed by atoms with Crippen molar-refractivity contribution in [1.29, 1.82) is 0 Å². The number of nitrogens with zero attached hydrogens (tertiary/aromatic N) is 2. The molecule has 3 rings (SSSR count). The molecule has 0 bridgehead atoms. The van der Waals surface area contributed by atoms with Crippen LogP contribution in [-0.4, -0.2) is 22.3 Å². The first-order valence-electron chi connectivity index (χ1n) is 8.14. The third kappa shape index (κ3) is 4.19. The zero-order valence-corrected chi connectivity index (χ0v) is 15.2. The lowest BCUT2D eigenvalue weighted by Gasteiger charge is -2.12. The molecule has 0 aliphatic heterocycles. The normalized spacial score (nSPS) is 11.6. The van der Waals surface area contributed by atoms with E-state index in [1.165, 1.54) is 0 Å². The second-order valence-corrected chi connectivity index (χ2v) is 6.25. The minimum Gasteiger partial charge on any atom is -0.450 e. The molecule has 0 aliphatic carbocycles. The molecule has 0 spiro atoms. The summed E-state index contributed by atoms with van der Waals surface area (Å²) in [6.07, 6.45) is -5.67. The summed E-state index contributed by atoms with van der Waals surface area (Å²) in [6, 6.07) is 8.20. The number of carbonyl (C=O) groups excluding carboxylic acids is 1. The first-order valence-corrected chi connectivity index (χ1v) is 8.52. The van der Waals surface area contributed by atoms with Crippen LogP contribution in [0.15, 0.2) is 36.4 Å². The minimum absolute atomic E-state index is 0.00970. The number of nitrogens with one attached hydrogen (secondary N) is 1. The van der Waals surface area contributed by atoms with E-state index in [1.54, 1.807) is 31.2 Å². The fraction of sp³-hybridized carbons (Fsp3) is 0.222. The Morgan fingerprint density at radius 2 is 1.93 bits per heavy atom. The van der Waals surface area contributed by atoms with Crippen molar-refractivity contribution in [2.45, 2.75) is 19.6 Å². The quantitative estimate of drug-likeness (QED) is 0.575. The first-order chi connectivity index (χ1) is 13.2. The van der Waals surface area contributed by atoms with Crippen molar-refractivity contribution >= 4 is 34.4 Å². The van der Waals surface area contributed by atoms with Gasteiger partial charge in [0.1, 0.15) is 5.82 Å². The van der Waals surface area contributed by atoms with Crippen LogP contribution in [0.5, 0.6) is 0 Å². The number of hydrogen-bond donors (Lipinski definition) is 1. The summed E-state index contributed by atoms with van der Waals surface area (Å²) in [5, 5.41) is 2.62. The number of anilines is 1. The standard InChI is InChI=1S/C18H14ClF4N3O2/c1-2-28-17(27)25-13-8-15-14(7-12(13)20)24-16(18(21,22)23)26(15)9-10-3-5-11(19)6-4-10/h3-8H,2,9H2,1H3,(H,25,27).